The molecule has 0 aliphatic heterocycles. The molecule has 114 valence electrons. The van der Waals surface area contributed by atoms with E-state index in [0.29, 0.717) is 5.56 Å². The molecular weight excluding hydrogens is 276 g/mol. The largest absolute Gasteiger partial charge is 0.479 e. The third kappa shape index (κ3) is 5.13. The summed E-state index contributed by atoms with van der Waals surface area (Å²) in [6.07, 6.45) is 0.0451. The normalized spacial score (nSPS) is 11.3. The Morgan fingerprint density at radius 2 is 1.90 bits per heavy atom. The Balaban J connectivity index is 2.65. The van der Waals surface area contributed by atoms with Gasteiger partial charge in [0, 0.05) is 13.6 Å². The number of benzene rings is 1. The van der Waals surface area contributed by atoms with Crippen molar-refractivity contribution in [3.05, 3.63) is 35.9 Å². The average Bonchev–Trinajstić information content (AvgIpc) is 2.49. The Kier molecular flexibility index (Phi) is 6.19. The Labute approximate surface area is 122 Å². The molecule has 2 amide bonds. The summed E-state index contributed by atoms with van der Waals surface area (Å²) < 4.78 is 4.48. The Bertz CT molecular complexity index is 503. The van der Waals surface area contributed by atoms with Gasteiger partial charge in [-0.05, 0) is 5.56 Å². The number of rotatable bonds is 6. The first-order chi connectivity index (χ1) is 9.95. The number of hydrogen-bond acceptors (Lipinski definition) is 4. The topological polar surface area (TPSA) is 95.9 Å². The van der Waals surface area contributed by atoms with Gasteiger partial charge in [0.2, 0.25) is 0 Å². The lowest BCUT2D eigenvalue weighted by Crippen LogP contribution is -2.42. The number of urea groups is 1. The van der Waals surface area contributed by atoms with Crippen LogP contribution in [0.4, 0.5) is 4.79 Å². The van der Waals surface area contributed by atoms with Gasteiger partial charge in [-0.25, -0.2) is 9.59 Å². The van der Waals surface area contributed by atoms with Crippen LogP contribution in [0.5, 0.6) is 0 Å². The number of carbonyl (C=O) groups is 3. The number of carboxylic acids is 1. The number of esters is 1. The van der Waals surface area contributed by atoms with Gasteiger partial charge in [0.05, 0.1) is 13.5 Å². The minimum absolute atomic E-state index is 0.0451. The lowest BCUT2D eigenvalue weighted by Gasteiger charge is -2.21. The summed E-state index contributed by atoms with van der Waals surface area (Å²) in [4.78, 5) is 35.4. The van der Waals surface area contributed by atoms with Crippen molar-refractivity contribution >= 4 is 18.0 Å². The molecule has 0 fully saturated rings. The van der Waals surface area contributed by atoms with Crippen molar-refractivity contribution in [2.75, 3.05) is 20.7 Å². The quantitative estimate of drug-likeness (QED) is 0.764. The van der Waals surface area contributed by atoms with Crippen molar-refractivity contribution in [3.63, 3.8) is 0 Å². The van der Waals surface area contributed by atoms with Crippen LogP contribution < -0.4 is 5.32 Å². The molecule has 7 heteroatoms. The zero-order chi connectivity index (χ0) is 15.8. The summed E-state index contributed by atoms with van der Waals surface area (Å²) in [7, 11) is 2.74. The van der Waals surface area contributed by atoms with E-state index in [-0.39, 0.29) is 13.0 Å². The van der Waals surface area contributed by atoms with Gasteiger partial charge in [0.15, 0.2) is 6.04 Å². The molecule has 0 aliphatic rings. The SMILES string of the molecule is COC(=O)CCN(C)C(=O)N[C@@H](C(=O)O)c1ccccc1. The Morgan fingerprint density at radius 1 is 1.29 bits per heavy atom. The van der Waals surface area contributed by atoms with E-state index in [4.69, 9.17) is 0 Å². The monoisotopic (exact) mass is 294 g/mol. The highest BCUT2D eigenvalue weighted by Crippen LogP contribution is 2.13. The van der Waals surface area contributed by atoms with Crippen LogP contribution in [-0.4, -0.2) is 48.7 Å². The van der Waals surface area contributed by atoms with E-state index in [2.05, 4.69) is 10.1 Å². The smallest absolute Gasteiger partial charge is 0.330 e. The molecular formula is C14H18N2O5. The number of amides is 2. The Hall–Kier alpha value is -2.57. The lowest BCUT2D eigenvalue weighted by molar-refractivity contribution is -0.141. The fraction of sp³-hybridized carbons (Fsp3) is 0.357. The molecule has 1 atom stereocenters. The number of carboxylic acid groups (broad SMARTS) is 1. The van der Waals surface area contributed by atoms with Crippen LogP contribution >= 0.6 is 0 Å². The minimum atomic E-state index is -1.16. The third-order valence-electron chi connectivity index (χ3n) is 2.87. The van der Waals surface area contributed by atoms with Crippen molar-refractivity contribution < 1.29 is 24.2 Å². The molecule has 0 heterocycles. The third-order valence-corrected chi connectivity index (χ3v) is 2.87. The highest BCUT2D eigenvalue weighted by atomic mass is 16.5. The van der Waals surface area contributed by atoms with Crippen LogP contribution in [0.2, 0.25) is 0 Å². The fourth-order valence-corrected chi connectivity index (χ4v) is 1.63. The average molecular weight is 294 g/mol. The number of methoxy groups -OCH3 is 1. The van der Waals surface area contributed by atoms with Crippen LogP contribution in [0.1, 0.15) is 18.0 Å². The Morgan fingerprint density at radius 3 is 2.43 bits per heavy atom. The summed E-state index contributed by atoms with van der Waals surface area (Å²) >= 11 is 0. The fourth-order valence-electron chi connectivity index (χ4n) is 1.63. The number of hydrogen-bond donors (Lipinski definition) is 2. The molecule has 1 aromatic carbocycles. The first-order valence-electron chi connectivity index (χ1n) is 6.32. The van der Waals surface area contributed by atoms with Gasteiger partial charge < -0.3 is 20.1 Å². The predicted octanol–water partition coefficient (Wildman–Crippen LogP) is 1.02. The van der Waals surface area contributed by atoms with Crippen molar-refractivity contribution in [1.82, 2.24) is 10.2 Å². The molecule has 0 aliphatic carbocycles. The van der Waals surface area contributed by atoms with Crippen LogP contribution in [0.25, 0.3) is 0 Å². The predicted molar refractivity (Wildman–Crippen MR) is 74.6 cm³/mol. The molecule has 0 bridgehead atoms. The molecule has 0 radical (unpaired) electrons. The van der Waals surface area contributed by atoms with E-state index in [1.807, 2.05) is 0 Å². The van der Waals surface area contributed by atoms with Gasteiger partial charge >= 0.3 is 18.0 Å². The highest BCUT2D eigenvalue weighted by Gasteiger charge is 2.23. The van der Waals surface area contributed by atoms with E-state index in [1.54, 1.807) is 30.3 Å². The van der Waals surface area contributed by atoms with E-state index >= 15 is 0 Å². The molecule has 1 aromatic rings. The highest BCUT2D eigenvalue weighted by molar-refractivity contribution is 5.83. The van der Waals surface area contributed by atoms with Crippen molar-refractivity contribution in [1.29, 1.82) is 0 Å². The molecule has 0 saturated carbocycles. The second-order valence-electron chi connectivity index (χ2n) is 4.38. The summed E-state index contributed by atoms with van der Waals surface area (Å²) in [6, 6.07) is 6.67. The van der Waals surface area contributed by atoms with Gasteiger partial charge in [-0.15, -0.1) is 0 Å². The number of aliphatic carboxylic acids is 1. The van der Waals surface area contributed by atoms with Gasteiger partial charge in [-0.3, -0.25) is 4.79 Å². The van der Waals surface area contributed by atoms with E-state index in [0.717, 1.165) is 0 Å². The first kappa shape index (κ1) is 16.5. The molecule has 0 spiro atoms. The summed E-state index contributed by atoms with van der Waals surface area (Å²) in [5, 5.41) is 11.6. The molecule has 2 N–H and O–H groups in total. The number of nitrogens with one attached hydrogen (secondary N) is 1. The molecule has 0 aromatic heterocycles. The van der Waals surface area contributed by atoms with E-state index < -0.39 is 24.0 Å². The van der Waals surface area contributed by atoms with Gasteiger partial charge in [-0.2, -0.15) is 0 Å². The van der Waals surface area contributed by atoms with Crippen LogP contribution in [0.15, 0.2) is 30.3 Å². The van der Waals surface area contributed by atoms with E-state index in [9.17, 15) is 19.5 Å². The van der Waals surface area contributed by atoms with Crippen molar-refractivity contribution in [3.8, 4) is 0 Å². The summed E-state index contributed by atoms with van der Waals surface area (Å²) in [5.74, 6) is -1.59. The van der Waals surface area contributed by atoms with E-state index in [1.165, 1.54) is 19.1 Å². The molecule has 1 rings (SSSR count). The van der Waals surface area contributed by atoms with Crippen LogP contribution in [0.3, 0.4) is 0 Å². The zero-order valence-electron chi connectivity index (χ0n) is 11.9. The van der Waals surface area contributed by atoms with Crippen molar-refractivity contribution in [2.45, 2.75) is 12.5 Å². The van der Waals surface area contributed by atoms with Gasteiger partial charge in [0.1, 0.15) is 0 Å². The van der Waals surface area contributed by atoms with Crippen molar-refractivity contribution in [2.24, 2.45) is 0 Å². The lowest BCUT2D eigenvalue weighted by atomic mass is 10.1. The molecule has 0 unspecified atom stereocenters. The maximum Gasteiger partial charge on any atom is 0.330 e. The molecule has 21 heavy (non-hydrogen) atoms. The first-order valence-corrected chi connectivity index (χ1v) is 6.32. The maximum absolute atomic E-state index is 11.9. The zero-order valence-corrected chi connectivity index (χ0v) is 11.9. The minimum Gasteiger partial charge on any atom is -0.479 e. The van der Waals surface area contributed by atoms with Crippen LogP contribution in [-0.2, 0) is 14.3 Å². The second-order valence-corrected chi connectivity index (χ2v) is 4.38. The number of carbonyl (C=O) groups excluding carboxylic acids is 2. The maximum atomic E-state index is 11.9. The number of ether oxygens (including phenoxy) is 1. The standard InChI is InChI=1S/C14H18N2O5/c1-16(9-8-11(17)21-2)14(20)15-12(13(18)19)10-6-4-3-5-7-10/h3-7,12H,8-9H2,1-2H3,(H,15,20)(H,18,19)/t12-/m1/s1. The van der Waals surface area contributed by atoms with Gasteiger partial charge in [-0.1, -0.05) is 30.3 Å². The molecule has 7 nitrogen and oxygen atoms in total. The summed E-state index contributed by atoms with van der Waals surface area (Å²) in [6.45, 7) is 0.139. The number of nitrogens with zero attached hydrogens (tertiary/aromatic N) is 1. The second kappa shape index (κ2) is 7.88. The van der Waals surface area contributed by atoms with Gasteiger partial charge in [0.25, 0.3) is 0 Å². The molecule has 0 saturated heterocycles. The van der Waals surface area contributed by atoms with Crippen LogP contribution in [0, 0.1) is 0 Å². The summed E-state index contributed by atoms with van der Waals surface area (Å²) in [5.41, 5.74) is 0.472.